The summed E-state index contributed by atoms with van der Waals surface area (Å²) in [7, 11) is -3.43. The molecule has 0 bridgehead atoms. The quantitative estimate of drug-likeness (QED) is 0.429. The molecule has 0 atom stereocenters. The number of hydrogen-bond donors (Lipinski definition) is 3. The highest BCUT2D eigenvalue weighted by atomic mass is 32.2. The summed E-state index contributed by atoms with van der Waals surface area (Å²) < 4.78 is 54.7. The van der Waals surface area contributed by atoms with Gasteiger partial charge in [-0.2, -0.15) is 8.42 Å². The number of aromatic hydroxyl groups is 1. The molecule has 0 unspecified atom stereocenters. The summed E-state index contributed by atoms with van der Waals surface area (Å²) in [4.78, 5) is 18.9. The molecule has 28 heavy (non-hydrogen) atoms. The summed E-state index contributed by atoms with van der Waals surface area (Å²) in [5.74, 6) is -1.08. The number of ketones is 1. The molecule has 0 amide bonds. The third-order valence-electron chi connectivity index (χ3n) is 4.27. The van der Waals surface area contributed by atoms with E-state index in [0.717, 1.165) is 18.2 Å². The number of aromatic amines is 1. The number of aromatic nitrogens is 1. The molecule has 0 saturated heterocycles. The van der Waals surface area contributed by atoms with E-state index in [2.05, 4.69) is 9.98 Å². The molecule has 9 nitrogen and oxygen atoms in total. The smallest absolute Gasteiger partial charge is 0.294 e. The van der Waals surface area contributed by atoms with Gasteiger partial charge in [0.1, 0.15) is 21.1 Å². The molecule has 0 fully saturated rings. The molecular formula is C16H9BN2O7S2. The van der Waals surface area contributed by atoms with Gasteiger partial charge in [-0.15, -0.1) is 0 Å². The lowest BCUT2D eigenvalue weighted by Crippen LogP contribution is -2.12. The maximum Gasteiger partial charge on any atom is 0.294 e. The van der Waals surface area contributed by atoms with Gasteiger partial charge in [-0.3, -0.25) is 9.35 Å². The van der Waals surface area contributed by atoms with Crippen molar-refractivity contribution < 1.29 is 31.3 Å². The van der Waals surface area contributed by atoms with Crippen molar-refractivity contribution in [1.82, 2.24) is 4.98 Å². The number of nitrogens with zero attached hydrogens (tertiary/aromatic N) is 1. The first-order valence-corrected chi connectivity index (χ1v) is 10.6. The zero-order valence-electron chi connectivity index (χ0n) is 13.7. The van der Waals surface area contributed by atoms with E-state index in [4.69, 9.17) is 11.7 Å². The molecule has 1 aliphatic rings. The molecule has 140 valence electrons. The van der Waals surface area contributed by atoms with Crippen LogP contribution in [0.5, 0.6) is 5.75 Å². The Labute approximate surface area is 159 Å². The van der Waals surface area contributed by atoms with Crippen LogP contribution in [0.15, 0.2) is 51.2 Å². The first-order valence-electron chi connectivity index (χ1n) is 7.59. The summed E-state index contributed by atoms with van der Waals surface area (Å²) in [5.41, 5.74) is 0.253. The summed E-state index contributed by atoms with van der Waals surface area (Å²) in [6.07, 6.45) is 0. The monoisotopic (exact) mass is 416 g/mol. The Morgan fingerprint density at radius 2 is 1.68 bits per heavy atom. The summed E-state index contributed by atoms with van der Waals surface area (Å²) in [6.45, 7) is 0. The summed E-state index contributed by atoms with van der Waals surface area (Å²) >= 11 is 0. The van der Waals surface area contributed by atoms with Crippen LogP contribution in [-0.2, 0) is 19.8 Å². The maximum atomic E-state index is 12.7. The number of nitrogens with one attached hydrogen (secondary N) is 1. The average Bonchev–Trinajstić information content (AvgIpc) is 3.10. The largest absolute Gasteiger partial charge is 0.505 e. The lowest BCUT2D eigenvalue weighted by molar-refractivity contribution is 0.106. The predicted molar refractivity (Wildman–Crippen MR) is 99.7 cm³/mol. The average molecular weight is 416 g/mol. The fourth-order valence-electron chi connectivity index (χ4n) is 2.93. The Balaban J connectivity index is 1.85. The zero-order chi connectivity index (χ0) is 20.4. The number of carbonyl (C=O) groups is 1. The van der Waals surface area contributed by atoms with Gasteiger partial charge in [0.25, 0.3) is 17.2 Å². The minimum Gasteiger partial charge on any atom is -0.505 e. The van der Waals surface area contributed by atoms with Crippen molar-refractivity contribution in [2.24, 2.45) is 4.99 Å². The van der Waals surface area contributed by atoms with Crippen LogP contribution in [0.1, 0.15) is 16.1 Å². The highest BCUT2D eigenvalue weighted by Gasteiger charge is 2.31. The Hall–Kier alpha value is -2.96. The first kappa shape index (κ1) is 18.4. The Morgan fingerprint density at radius 3 is 2.32 bits per heavy atom. The van der Waals surface area contributed by atoms with E-state index in [-0.39, 0.29) is 32.9 Å². The Kier molecular flexibility index (Phi) is 3.79. The molecule has 2 radical (unpaired) electrons. The number of hydrogen-bond acceptors (Lipinski definition) is 7. The van der Waals surface area contributed by atoms with E-state index < -0.39 is 36.2 Å². The number of Topliss-reactive ketones (excluding diaryl/α,β-unsaturated/α-hetero) is 1. The van der Waals surface area contributed by atoms with Crippen molar-refractivity contribution in [1.29, 1.82) is 0 Å². The molecule has 1 aromatic heterocycles. The zero-order valence-corrected chi connectivity index (χ0v) is 15.4. The molecule has 0 aliphatic carbocycles. The van der Waals surface area contributed by atoms with Gasteiger partial charge in [-0.1, -0.05) is 0 Å². The second kappa shape index (κ2) is 5.77. The fraction of sp³-hybridized carbons (Fsp3) is 0. The summed E-state index contributed by atoms with van der Waals surface area (Å²) in [6, 6.07) is 7.11. The number of fused-ring (bicyclic) bond motifs is 2. The van der Waals surface area contributed by atoms with Gasteiger partial charge in [-0.25, -0.2) is 13.4 Å². The number of rotatable bonds is 3. The number of carbonyl (C=O) groups excluding carboxylic acids is 1. The SMILES string of the molecule is [B]S(=O)(=O)c1ccc2c(c1)C(=O)C(c1[nH]c3ccc(S(=O)(=O)O)cc3c1O)=N2. The van der Waals surface area contributed by atoms with Crippen LogP contribution in [0.4, 0.5) is 5.69 Å². The van der Waals surface area contributed by atoms with Gasteiger partial charge >= 0.3 is 0 Å². The molecule has 12 heteroatoms. The van der Waals surface area contributed by atoms with Crippen molar-refractivity contribution >= 4 is 55.0 Å². The van der Waals surface area contributed by atoms with Crippen LogP contribution >= 0.6 is 0 Å². The number of H-pyrrole nitrogens is 1. The van der Waals surface area contributed by atoms with Gasteiger partial charge in [-0.05, 0) is 36.4 Å². The summed E-state index contributed by atoms with van der Waals surface area (Å²) in [5, 5.41) is 10.5. The minimum absolute atomic E-state index is 0.00166. The Morgan fingerprint density at radius 1 is 1.00 bits per heavy atom. The lowest BCUT2D eigenvalue weighted by atomic mass is 10.1. The van der Waals surface area contributed by atoms with Gasteiger partial charge < -0.3 is 10.1 Å². The van der Waals surface area contributed by atoms with E-state index in [1.165, 1.54) is 18.2 Å². The molecule has 3 aromatic rings. The molecule has 0 saturated carbocycles. The van der Waals surface area contributed by atoms with E-state index in [9.17, 15) is 26.7 Å². The third-order valence-corrected chi connectivity index (χ3v) is 6.03. The van der Waals surface area contributed by atoms with Gasteiger partial charge in [0.15, 0.2) is 5.75 Å². The van der Waals surface area contributed by atoms with Crippen molar-refractivity contribution in [2.45, 2.75) is 9.79 Å². The first-order chi connectivity index (χ1) is 13.0. The van der Waals surface area contributed by atoms with Crippen LogP contribution in [0.25, 0.3) is 10.9 Å². The molecule has 2 aromatic carbocycles. The Bertz CT molecular complexity index is 1440. The molecule has 2 heterocycles. The van der Waals surface area contributed by atoms with Crippen LogP contribution in [-0.4, -0.2) is 50.1 Å². The molecule has 1 aliphatic heterocycles. The normalized spacial score (nSPS) is 14.3. The molecule has 4 rings (SSSR count). The van der Waals surface area contributed by atoms with E-state index in [1.807, 2.05) is 0 Å². The van der Waals surface area contributed by atoms with Crippen LogP contribution < -0.4 is 0 Å². The van der Waals surface area contributed by atoms with Crippen molar-refractivity contribution in [3.63, 3.8) is 0 Å². The second-order valence-electron chi connectivity index (χ2n) is 6.04. The van der Waals surface area contributed by atoms with Gasteiger partial charge in [0.2, 0.25) is 5.78 Å². The van der Waals surface area contributed by atoms with Gasteiger partial charge in [0.05, 0.1) is 21.0 Å². The van der Waals surface area contributed by atoms with Crippen molar-refractivity contribution in [2.75, 3.05) is 0 Å². The highest BCUT2D eigenvalue weighted by molar-refractivity contribution is 8.12. The third kappa shape index (κ3) is 2.82. The van der Waals surface area contributed by atoms with Gasteiger partial charge in [0, 0.05) is 10.9 Å². The molecule has 3 N–H and O–H groups in total. The van der Waals surface area contributed by atoms with Crippen LogP contribution in [0, 0.1) is 0 Å². The van der Waals surface area contributed by atoms with Crippen LogP contribution in [0.3, 0.4) is 0 Å². The maximum absolute atomic E-state index is 12.7. The number of benzene rings is 2. The van der Waals surface area contributed by atoms with E-state index in [0.29, 0.717) is 5.52 Å². The highest BCUT2D eigenvalue weighted by Crippen LogP contribution is 2.36. The lowest BCUT2D eigenvalue weighted by Gasteiger charge is -2.01. The fourth-order valence-corrected chi connectivity index (χ4v) is 3.97. The van der Waals surface area contributed by atoms with E-state index >= 15 is 0 Å². The topological polar surface area (TPSA) is 154 Å². The molecule has 0 spiro atoms. The minimum atomic E-state index is -4.48. The second-order valence-corrected chi connectivity index (χ2v) is 9.03. The molecular weight excluding hydrogens is 407 g/mol. The van der Waals surface area contributed by atoms with Crippen molar-refractivity contribution in [3.8, 4) is 5.75 Å². The predicted octanol–water partition coefficient (Wildman–Crippen LogP) is 1.29. The standard InChI is InChI=1S/C16H9BN2O7S2/c17-27(22,23)7-1-3-11-9(5-7)15(20)13(18-11)14-16(21)10-6-8(28(24,25)26)2-4-12(10)19-14/h1-6,19,21H,(H,24,25,26). The number of aliphatic imine (C=N–C) groups is 1. The van der Waals surface area contributed by atoms with Crippen molar-refractivity contribution in [3.05, 3.63) is 47.7 Å². The van der Waals surface area contributed by atoms with E-state index in [1.54, 1.807) is 0 Å². The van der Waals surface area contributed by atoms with Crippen LogP contribution in [0.2, 0.25) is 0 Å².